The number of hydrogen-bond donors (Lipinski definition) is 0. The standard InChI is InChI=1S/C12H19NS/c1-2-7-14-12(10-13)8-11(9-12)5-3-4-6-11/h2-9H2,1H3. The predicted octanol–water partition coefficient (Wildman–Crippen LogP) is 3.75. The minimum atomic E-state index is 0.0142. The van der Waals surface area contributed by atoms with E-state index in [-0.39, 0.29) is 4.75 Å². The van der Waals surface area contributed by atoms with Crippen molar-refractivity contribution >= 4 is 11.8 Å². The average molecular weight is 209 g/mol. The summed E-state index contributed by atoms with van der Waals surface area (Å²) in [5, 5.41) is 9.24. The fraction of sp³-hybridized carbons (Fsp3) is 0.917. The van der Waals surface area contributed by atoms with Crippen molar-refractivity contribution in [3.05, 3.63) is 0 Å². The second kappa shape index (κ2) is 3.77. The summed E-state index contributed by atoms with van der Waals surface area (Å²) in [5.41, 5.74) is 0.608. The van der Waals surface area contributed by atoms with Crippen molar-refractivity contribution in [2.75, 3.05) is 5.75 Å². The van der Waals surface area contributed by atoms with E-state index < -0.39 is 0 Å². The van der Waals surface area contributed by atoms with Crippen LogP contribution in [0.25, 0.3) is 0 Å². The molecule has 0 radical (unpaired) electrons. The Bertz CT molecular complexity index is 240. The highest BCUT2D eigenvalue weighted by Gasteiger charge is 2.55. The number of rotatable bonds is 3. The zero-order chi connectivity index (χ0) is 10.1. The molecule has 2 aliphatic rings. The molecule has 0 saturated heterocycles. The van der Waals surface area contributed by atoms with Crippen molar-refractivity contribution in [2.24, 2.45) is 5.41 Å². The largest absolute Gasteiger partial charge is 0.197 e. The van der Waals surface area contributed by atoms with Crippen LogP contribution in [-0.2, 0) is 0 Å². The summed E-state index contributed by atoms with van der Waals surface area (Å²) in [4.78, 5) is 0. The first-order valence-electron chi connectivity index (χ1n) is 5.79. The average Bonchev–Trinajstić information content (AvgIpc) is 2.61. The second-order valence-corrected chi connectivity index (χ2v) is 6.49. The smallest absolute Gasteiger partial charge is 0.103 e. The van der Waals surface area contributed by atoms with Crippen LogP contribution < -0.4 is 0 Å². The molecule has 0 bridgehead atoms. The molecule has 2 rings (SSSR count). The maximum atomic E-state index is 9.24. The van der Waals surface area contributed by atoms with E-state index >= 15 is 0 Å². The highest BCUT2D eigenvalue weighted by Crippen LogP contribution is 2.62. The Morgan fingerprint density at radius 3 is 2.43 bits per heavy atom. The highest BCUT2D eigenvalue weighted by atomic mass is 32.2. The van der Waals surface area contributed by atoms with Crippen LogP contribution in [-0.4, -0.2) is 10.5 Å². The lowest BCUT2D eigenvalue weighted by molar-refractivity contribution is 0.119. The van der Waals surface area contributed by atoms with E-state index in [9.17, 15) is 5.26 Å². The first-order chi connectivity index (χ1) is 6.74. The van der Waals surface area contributed by atoms with Crippen molar-refractivity contribution in [3.63, 3.8) is 0 Å². The molecule has 1 nitrogen and oxygen atoms in total. The van der Waals surface area contributed by atoms with E-state index in [1.54, 1.807) is 0 Å². The van der Waals surface area contributed by atoms with E-state index in [0.29, 0.717) is 5.41 Å². The Morgan fingerprint density at radius 2 is 1.93 bits per heavy atom. The molecule has 0 aromatic rings. The van der Waals surface area contributed by atoms with Gasteiger partial charge in [-0.1, -0.05) is 19.8 Å². The number of nitrogens with zero attached hydrogens (tertiary/aromatic N) is 1. The molecular weight excluding hydrogens is 190 g/mol. The van der Waals surface area contributed by atoms with Gasteiger partial charge < -0.3 is 0 Å². The van der Waals surface area contributed by atoms with Gasteiger partial charge in [0.1, 0.15) is 4.75 Å². The molecule has 0 amide bonds. The van der Waals surface area contributed by atoms with Gasteiger partial charge in [0.2, 0.25) is 0 Å². The number of hydrogen-bond acceptors (Lipinski definition) is 2. The van der Waals surface area contributed by atoms with Crippen LogP contribution in [0.15, 0.2) is 0 Å². The summed E-state index contributed by atoms with van der Waals surface area (Å²) in [6, 6.07) is 2.56. The molecule has 0 atom stereocenters. The summed E-state index contributed by atoms with van der Waals surface area (Å²) in [5.74, 6) is 1.16. The topological polar surface area (TPSA) is 23.8 Å². The normalized spacial score (nSPS) is 27.1. The molecule has 0 aromatic carbocycles. The highest BCUT2D eigenvalue weighted by molar-refractivity contribution is 8.00. The molecule has 0 aromatic heterocycles. The van der Waals surface area contributed by atoms with Gasteiger partial charge in [-0.2, -0.15) is 5.26 Å². The summed E-state index contributed by atoms with van der Waals surface area (Å²) in [6.45, 7) is 2.20. The molecule has 2 aliphatic carbocycles. The first-order valence-corrected chi connectivity index (χ1v) is 6.78. The van der Waals surface area contributed by atoms with Gasteiger partial charge in [-0.15, -0.1) is 11.8 Å². The fourth-order valence-corrected chi connectivity index (χ4v) is 4.63. The number of thioether (sulfide) groups is 1. The molecule has 2 saturated carbocycles. The van der Waals surface area contributed by atoms with Crippen molar-refractivity contribution in [1.29, 1.82) is 5.26 Å². The molecule has 0 N–H and O–H groups in total. The quantitative estimate of drug-likeness (QED) is 0.707. The Hall–Kier alpha value is -0.160. The second-order valence-electron chi connectivity index (χ2n) is 5.02. The molecule has 78 valence electrons. The van der Waals surface area contributed by atoms with Crippen LogP contribution in [0, 0.1) is 16.7 Å². The van der Waals surface area contributed by atoms with E-state index in [1.807, 2.05) is 11.8 Å². The van der Waals surface area contributed by atoms with Crippen LogP contribution in [0.3, 0.4) is 0 Å². The molecule has 0 aliphatic heterocycles. The third kappa shape index (κ3) is 1.67. The van der Waals surface area contributed by atoms with Gasteiger partial charge >= 0.3 is 0 Å². The van der Waals surface area contributed by atoms with Crippen molar-refractivity contribution in [1.82, 2.24) is 0 Å². The minimum Gasteiger partial charge on any atom is -0.197 e. The molecular formula is C12H19NS. The van der Waals surface area contributed by atoms with Gasteiger partial charge in [0.15, 0.2) is 0 Å². The molecule has 0 unspecified atom stereocenters. The van der Waals surface area contributed by atoms with E-state index in [0.717, 1.165) is 5.75 Å². The molecule has 0 heterocycles. The van der Waals surface area contributed by atoms with Crippen LogP contribution in [0.5, 0.6) is 0 Å². The van der Waals surface area contributed by atoms with E-state index in [2.05, 4.69) is 13.0 Å². The zero-order valence-corrected chi connectivity index (χ0v) is 9.83. The molecule has 14 heavy (non-hydrogen) atoms. The van der Waals surface area contributed by atoms with E-state index in [4.69, 9.17) is 0 Å². The van der Waals surface area contributed by atoms with Crippen LogP contribution in [0.4, 0.5) is 0 Å². The van der Waals surface area contributed by atoms with Crippen molar-refractivity contribution < 1.29 is 0 Å². The van der Waals surface area contributed by atoms with Crippen LogP contribution in [0.2, 0.25) is 0 Å². The summed E-state index contributed by atoms with van der Waals surface area (Å²) < 4.78 is 0.0142. The number of nitriles is 1. The lowest BCUT2D eigenvalue weighted by atomic mass is 9.61. The molecule has 2 fully saturated rings. The van der Waals surface area contributed by atoms with Gasteiger partial charge in [0, 0.05) is 0 Å². The predicted molar refractivity (Wildman–Crippen MR) is 61.2 cm³/mol. The van der Waals surface area contributed by atoms with Gasteiger partial charge in [0.05, 0.1) is 6.07 Å². The Kier molecular flexibility index (Phi) is 2.79. The minimum absolute atomic E-state index is 0.0142. The van der Waals surface area contributed by atoms with E-state index in [1.165, 1.54) is 44.9 Å². The summed E-state index contributed by atoms with van der Waals surface area (Å²) in [7, 11) is 0. The lowest BCUT2D eigenvalue weighted by Crippen LogP contribution is -2.47. The fourth-order valence-electron chi connectivity index (χ4n) is 3.15. The van der Waals surface area contributed by atoms with Gasteiger partial charge in [-0.3, -0.25) is 0 Å². The first kappa shape index (κ1) is 10.4. The third-order valence-electron chi connectivity index (χ3n) is 3.77. The Labute approximate surface area is 91.3 Å². The van der Waals surface area contributed by atoms with Crippen LogP contribution >= 0.6 is 11.8 Å². The molecule has 1 spiro atoms. The maximum Gasteiger partial charge on any atom is 0.103 e. The Balaban J connectivity index is 1.91. The van der Waals surface area contributed by atoms with Gasteiger partial charge in [-0.05, 0) is 43.3 Å². The van der Waals surface area contributed by atoms with Crippen LogP contribution in [0.1, 0.15) is 51.9 Å². The SMILES string of the molecule is CCCSC1(C#N)CC2(CCCC2)C1. The summed E-state index contributed by atoms with van der Waals surface area (Å²) >= 11 is 1.91. The molecule has 2 heteroatoms. The monoisotopic (exact) mass is 209 g/mol. The van der Waals surface area contributed by atoms with Gasteiger partial charge in [0.25, 0.3) is 0 Å². The third-order valence-corrected chi connectivity index (χ3v) is 5.32. The van der Waals surface area contributed by atoms with Gasteiger partial charge in [-0.25, -0.2) is 0 Å². The lowest BCUT2D eigenvalue weighted by Gasteiger charge is -2.50. The summed E-state index contributed by atoms with van der Waals surface area (Å²) in [6.07, 6.45) is 9.15. The van der Waals surface area contributed by atoms with Crippen molar-refractivity contribution in [2.45, 2.75) is 56.6 Å². The zero-order valence-electron chi connectivity index (χ0n) is 9.01. The van der Waals surface area contributed by atoms with Crippen molar-refractivity contribution in [3.8, 4) is 6.07 Å². The maximum absolute atomic E-state index is 9.24. The Morgan fingerprint density at radius 1 is 1.29 bits per heavy atom.